The summed E-state index contributed by atoms with van der Waals surface area (Å²) in [6.45, 7) is 1.86. The van der Waals surface area contributed by atoms with Crippen LogP contribution in [0, 0.1) is 0 Å². The second kappa shape index (κ2) is 9.18. The smallest absolute Gasteiger partial charge is 0.313 e. The van der Waals surface area contributed by atoms with Crippen molar-refractivity contribution in [2.24, 2.45) is 0 Å². The maximum Gasteiger partial charge on any atom is 0.313 e. The minimum atomic E-state index is -0.794. The fourth-order valence-corrected chi connectivity index (χ4v) is 3.74. The molecule has 0 saturated heterocycles. The third-order valence-electron chi connectivity index (χ3n) is 5.15. The molecule has 0 aliphatic heterocycles. The molecular weight excluding hydrogens is 392 g/mol. The molecule has 2 aromatic rings. The van der Waals surface area contributed by atoms with Gasteiger partial charge in [0, 0.05) is 12.1 Å². The number of halogens is 1. The summed E-state index contributed by atoms with van der Waals surface area (Å²) in [5.41, 5.74) is 3.99. The average Bonchev–Trinajstić information content (AvgIpc) is 2.73. The number of nitrogens with one attached hydrogen (secondary N) is 2. The number of amides is 2. The van der Waals surface area contributed by atoms with E-state index in [1.54, 1.807) is 0 Å². The van der Waals surface area contributed by atoms with E-state index in [0.717, 1.165) is 18.4 Å². The van der Waals surface area contributed by atoms with E-state index in [1.165, 1.54) is 50.3 Å². The van der Waals surface area contributed by atoms with Crippen LogP contribution in [0.3, 0.4) is 0 Å². The first-order chi connectivity index (χ1) is 13.9. The zero-order chi connectivity index (χ0) is 21.0. The highest BCUT2D eigenvalue weighted by atomic mass is 35.5. The summed E-state index contributed by atoms with van der Waals surface area (Å²) in [7, 11) is 2.91. The van der Waals surface area contributed by atoms with Crippen molar-refractivity contribution >= 4 is 29.1 Å². The molecule has 2 aromatic carbocycles. The van der Waals surface area contributed by atoms with Gasteiger partial charge in [0.2, 0.25) is 0 Å². The number of methoxy groups -OCH3 is 2. The van der Waals surface area contributed by atoms with E-state index in [2.05, 4.69) is 22.8 Å². The van der Waals surface area contributed by atoms with Crippen molar-refractivity contribution in [2.75, 3.05) is 19.5 Å². The van der Waals surface area contributed by atoms with E-state index in [0.29, 0.717) is 22.2 Å². The molecule has 29 heavy (non-hydrogen) atoms. The zero-order valence-electron chi connectivity index (χ0n) is 16.8. The zero-order valence-corrected chi connectivity index (χ0v) is 17.6. The third-order valence-corrected chi connectivity index (χ3v) is 5.44. The molecule has 0 heterocycles. The predicted molar refractivity (Wildman–Crippen MR) is 113 cm³/mol. The Bertz CT molecular complexity index is 929. The lowest BCUT2D eigenvalue weighted by molar-refractivity contribution is -0.136. The number of benzene rings is 2. The van der Waals surface area contributed by atoms with Gasteiger partial charge in [-0.3, -0.25) is 9.59 Å². The van der Waals surface area contributed by atoms with Crippen molar-refractivity contribution in [3.63, 3.8) is 0 Å². The highest BCUT2D eigenvalue weighted by Gasteiger charge is 2.21. The predicted octanol–water partition coefficient (Wildman–Crippen LogP) is 4.05. The van der Waals surface area contributed by atoms with Crippen LogP contribution in [0.1, 0.15) is 42.5 Å². The first-order valence-corrected chi connectivity index (χ1v) is 9.95. The Morgan fingerprint density at radius 3 is 2.34 bits per heavy atom. The Morgan fingerprint density at radius 2 is 1.66 bits per heavy atom. The number of aryl methyl sites for hydroxylation is 2. The number of fused-ring (bicyclic) bond motifs is 1. The van der Waals surface area contributed by atoms with Gasteiger partial charge >= 0.3 is 11.8 Å². The third kappa shape index (κ3) is 4.82. The highest BCUT2D eigenvalue weighted by molar-refractivity contribution is 6.40. The maximum absolute atomic E-state index is 12.4. The summed E-state index contributed by atoms with van der Waals surface area (Å²) in [6.07, 6.45) is 4.57. The summed E-state index contributed by atoms with van der Waals surface area (Å²) < 4.78 is 10.4. The second-order valence-corrected chi connectivity index (χ2v) is 7.48. The molecule has 0 spiro atoms. The van der Waals surface area contributed by atoms with Crippen LogP contribution >= 0.6 is 11.6 Å². The van der Waals surface area contributed by atoms with Crippen LogP contribution < -0.4 is 20.1 Å². The molecule has 6 nitrogen and oxygen atoms in total. The largest absolute Gasteiger partial charge is 0.495 e. The van der Waals surface area contributed by atoms with Crippen LogP contribution in [0.2, 0.25) is 5.02 Å². The molecule has 1 unspecified atom stereocenters. The standard InChI is InChI=1S/C22H25ClN2O4/c1-13(15-9-8-14-6-4-5-7-16(14)10-15)24-21(26)22(27)25-18-12-19(28-2)17(23)11-20(18)29-3/h8-13H,4-7H2,1-3H3,(H,24,26)(H,25,27). The lowest BCUT2D eigenvalue weighted by Crippen LogP contribution is -2.37. The Labute approximate surface area is 175 Å². The van der Waals surface area contributed by atoms with Crippen molar-refractivity contribution < 1.29 is 19.1 Å². The van der Waals surface area contributed by atoms with E-state index in [-0.39, 0.29) is 6.04 Å². The van der Waals surface area contributed by atoms with Crippen LogP contribution in [0.15, 0.2) is 30.3 Å². The second-order valence-electron chi connectivity index (χ2n) is 7.07. The van der Waals surface area contributed by atoms with Gasteiger partial charge in [0.1, 0.15) is 11.5 Å². The first kappa shape index (κ1) is 21.0. The summed E-state index contributed by atoms with van der Waals surface area (Å²) in [5.74, 6) is -0.825. The minimum absolute atomic E-state index is 0.290. The monoisotopic (exact) mass is 416 g/mol. The molecule has 1 aliphatic carbocycles. The number of ether oxygens (including phenoxy) is 2. The molecule has 3 rings (SSSR count). The van der Waals surface area contributed by atoms with E-state index < -0.39 is 11.8 Å². The fourth-order valence-electron chi connectivity index (χ4n) is 3.51. The van der Waals surface area contributed by atoms with Gasteiger partial charge in [0.05, 0.1) is 31.0 Å². The Hall–Kier alpha value is -2.73. The number of hydrogen-bond donors (Lipinski definition) is 2. The van der Waals surface area contributed by atoms with E-state index in [4.69, 9.17) is 21.1 Å². The Kier molecular flexibility index (Phi) is 6.64. The van der Waals surface area contributed by atoms with Gasteiger partial charge in [-0.1, -0.05) is 29.8 Å². The minimum Gasteiger partial charge on any atom is -0.495 e. The number of rotatable bonds is 5. The lowest BCUT2D eigenvalue weighted by Gasteiger charge is -2.20. The Morgan fingerprint density at radius 1 is 0.966 bits per heavy atom. The van der Waals surface area contributed by atoms with Crippen LogP contribution in [0.4, 0.5) is 5.69 Å². The number of anilines is 1. The molecule has 2 amide bonds. The lowest BCUT2D eigenvalue weighted by atomic mass is 9.89. The molecule has 7 heteroatoms. The van der Waals surface area contributed by atoms with Gasteiger partial charge in [0.25, 0.3) is 0 Å². The summed E-state index contributed by atoms with van der Waals surface area (Å²) >= 11 is 6.07. The molecule has 1 aliphatic rings. The normalized spacial score (nSPS) is 13.8. The van der Waals surface area contributed by atoms with Crippen molar-refractivity contribution in [3.05, 3.63) is 52.0 Å². The molecule has 0 fully saturated rings. The molecule has 1 atom stereocenters. The van der Waals surface area contributed by atoms with Crippen LogP contribution in [-0.4, -0.2) is 26.0 Å². The van der Waals surface area contributed by atoms with E-state index >= 15 is 0 Å². The molecule has 0 bridgehead atoms. The van der Waals surface area contributed by atoms with Crippen molar-refractivity contribution in [2.45, 2.75) is 38.6 Å². The van der Waals surface area contributed by atoms with Crippen molar-refractivity contribution in [1.82, 2.24) is 5.32 Å². The molecule has 0 aromatic heterocycles. The fraction of sp³-hybridized carbons (Fsp3) is 0.364. The first-order valence-electron chi connectivity index (χ1n) is 9.58. The summed E-state index contributed by atoms with van der Waals surface area (Å²) in [4.78, 5) is 24.8. The van der Waals surface area contributed by atoms with Gasteiger partial charge in [-0.15, -0.1) is 0 Å². The molecule has 2 N–H and O–H groups in total. The molecule has 0 saturated carbocycles. The van der Waals surface area contributed by atoms with Crippen LogP contribution in [0.25, 0.3) is 0 Å². The molecular formula is C22H25ClN2O4. The van der Waals surface area contributed by atoms with Gasteiger partial charge in [-0.2, -0.15) is 0 Å². The SMILES string of the molecule is COc1cc(NC(=O)C(=O)NC(C)c2ccc3c(c2)CCCC3)c(OC)cc1Cl. The van der Waals surface area contributed by atoms with Gasteiger partial charge in [-0.05, 0) is 49.3 Å². The average molecular weight is 417 g/mol. The van der Waals surface area contributed by atoms with Crippen molar-refractivity contribution in [1.29, 1.82) is 0 Å². The molecule has 154 valence electrons. The van der Waals surface area contributed by atoms with Crippen LogP contribution in [-0.2, 0) is 22.4 Å². The van der Waals surface area contributed by atoms with Crippen molar-refractivity contribution in [3.8, 4) is 11.5 Å². The van der Waals surface area contributed by atoms with Gasteiger partial charge in [-0.25, -0.2) is 0 Å². The van der Waals surface area contributed by atoms with Gasteiger partial charge in [0.15, 0.2) is 0 Å². The van der Waals surface area contributed by atoms with E-state index in [1.807, 2.05) is 13.0 Å². The van der Waals surface area contributed by atoms with Crippen LogP contribution in [0.5, 0.6) is 11.5 Å². The highest BCUT2D eigenvalue weighted by Crippen LogP contribution is 2.35. The topological polar surface area (TPSA) is 76.7 Å². The number of carbonyl (C=O) groups excluding carboxylic acids is 2. The Balaban J connectivity index is 1.68. The van der Waals surface area contributed by atoms with Gasteiger partial charge < -0.3 is 20.1 Å². The van der Waals surface area contributed by atoms with E-state index in [9.17, 15) is 9.59 Å². The summed E-state index contributed by atoms with van der Waals surface area (Å²) in [5, 5.41) is 5.65. The number of carbonyl (C=O) groups is 2. The quantitative estimate of drug-likeness (QED) is 0.721. The summed E-state index contributed by atoms with van der Waals surface area (Å²) in [6, 6.07) is 9.01. The number of hydrogen-bond acceptors (Lipinski definition) is 4. The molecule has 0 radical (unpaired) electrons. The maximum atomic E-state index is 12.4.